The van der Waals surface area contributed by atoms with Crippen LogP contribution >= 0.6 is 0 Å². The Bertz CT molecular complexity index is 577. The topological polar surface area (TPSA) is 57.4 Å². The molecule has 0 aromatic heterocycles. The van der Waals surface area contributed by atoms with Gasteiger partial charge in [-0.25, -0.2) is 8.78 Å². The van der Waals surface area contributed by atoms with Gasteiger partial charge < -0.3 is 15.4 Å². The van der Waals surface area contributed by atoms with Crippen LogP contribution in [0.5, 0.6) is 0 Å². The summed E-state index contributed by atoms with van der Waals surface area (Å²) in [6, 6.07) is -0.682. The molecule has 3 heterocycles. The van der Waals surface area contributed by atoms with Crippen LogP contribution in [0.3, 0.4) is 0 Å². The summed E-state index contributed by atoms with van der Waals surface area (Å²) >= 11 is 0. The molecule has 9 atom stereocenters. The van der Waals surface area contributed by atoms with E-state index in [4.69, 9.17) is 4.74 Å². The quantitative estimate of drug-likeness (QED) is 0.533. The van der Waals surface area contributed by atoms with E-state index >= 15 is 4.39 Å². The molecule has 0 bridgehead atoms. The highest BCUT2D eigenvalue weighted by atomic mass is 19.1. The molecular formula is C22H38F2N4O. The van der Waals surface area contributed by atoms with E-state index < -0.39 is 12.3 Å². The maximum Gasteiger partial charge on any atom is 0.130 e. The predicted molar refractivity (Wildman–Crippen MR) is 111 cm³/mol. The lowest BCUT2D eigenvalue weighted by molar-refractivity contribution is -0.105. The van der Waals surface area contributed by atoms with Crippen LogP contribution in [0.4, 0.5) is 8.78 Å². The minimum absolute atomic E-state index is 0.000308. The van der Waals surface area contributed by atoms with Crippen LogP contribution in [0, 0.1) is 11.8 Å². The maximum atomic E-state index is 16.0. The number of ether oxygens (including phenoxy) is 1. The van der Waals surface area contributed by atoms with Gasteiger partial charge in [-0.05, 0) is 65.0 Å². The van der Waals surface area contributed by atoms with Gasteiger partial charge in [0, 0.05) is 37.2 Å². The van der Waals surface area contributed by atoms with Gasteiger partial charge in [0.2, 0.25) is 0 Å². The third kappa shape index (κ3) is 4.69. The molecule has 2 saturated heterocycles. The summed E-state index contributed by atoms with van der Waals surface area (Å²) in [5, 5.41) is 13.4. The Labute approximate surface area is 173 Å². The second-order valence-corrected chi connectivity index (χ2v) is 9.39. The highest BCUT2D eigenvalue weighted by Crippen LogP contribution is 2.43. The van der Waals surface area contributed by atoms with E-state index in [2.05, 4.69) is 27.3 Å². The number of halogens is 2. The lowest BCUT2D eigenvalue weighted by Gasteiger charge is -2.49. The molecule has 3 aliphatic heterocycles. The molecule has 3 fully saturated rings. The predicted octanol–water partition coefficient (Wildman–Crippen LogP) is 2.04. The van der Waals surface area contributed by atoms with E-state index in [0.29, 0.717) is 12.3 Å². The number of fused-ring (bicyclic) bond motifs is 1. The molecule has 0 spiro atoms. The summed E-state index contributed by atoms with van der Waals surface area (Å²) in [7, 11) is 1.80. The molecule has 0 aromatic rings. The van der Waals surface area contributed by atoms with Crippen molar-refractivity contribution in [3.8, 4) is 0 Å². The van der Waals surface area contributed by atoms with Crippen molar-refractivity contribution in [2.45, 2.75) is 88.2 Å². The average molecular weight is 413 g/mol. The zero-order chi connectivity index (χ0) is 20.4. The van der Waals surface area contributed by atoms with E-state index in [9.17, 15) is 4.39 Å². The first-order chi connectivity index (χ1) is 14.1. The Morgan fingerprint density at radius 1 is 1.14 bits per heavy atom. The molecule has 4 aliphatic rings. The Hall–Kier alpha value is -0.600. The third-order valence-electron chi connectivity index (χ3n) is 7.49. The summed E-state index contributed by atoms with van der Waals surface area (Å²) in [6.07, 6.45) is 5.79. The van der Waals surface area contributed by atoms with Crippen molar-refractivity contribution in [1.82, 2.24) is 21.3 Å². The van der Waals surface area contributed by atoms with Gasteiger partial charge in [0.25, 0.3) is 0 Å². The molecule has 4 rings (SSSR count). The van der Waals surface area contributed by atoms with Crippen LogP contribution < -0.4 is 21.3 Å². The summed E-state index contributed by atoms with van der Waals surface area (Å²) in [5.41, 5.74) is 1.23. The zero-order valence-corrected chi connectivity index (χ0v) is 17.8. The molecule has 1 aliphatic carbocycles. The van der Waals surface area contributed by atoms with Crippen LogP contribution in [-0.2, 0) is 4.74 Å². The zero-order valence-electron chi connectivity index (χ0n) is 17.8. The van der Waals surface area contributed by atoms with Gasteiger partial charge in [-0.3, -0.25) is 10.6 Å². The van der Waals surface area contributed by atoms with Crippen LogP contribution in [0.2, 0.25) is 0 Å². The molecule has 166 valence electrons. The molecule has 0 aromatic carbocycles. The standard InChI is InChI=1S/C22H38F2N4O/c1-13-20(23)16(25-2)12-18(27-13)28-17-11-15-6-4-10-29-22(15)19(21(17)24)14-5-3-8-26-9-7-14/h7,13,15-22,25-28H,3-6,8-12H2,1-2H3. The number of piperidine rings is 1. The number of hydrogen-bond donors (Lipinski definition) is 4. The first-order valence-electron chi connectivity index (χ1n) is 11.6. The number of hydrogen-bond acceptors (Lipinski definition) is 5. The van der Waals surface area contributed by atoms with Crippen molar-refractivity contribution in [3.63, 3.8) is 0 Å². The average Bonchev–Trinajstić information content (AvgIpc) is 3.00. The van der Waals surface area contributed by atoms with Gasteiger partial charge in [-0.2, -0.15) is 0 Å². The van der Waals surface area contributed by atoms with Crippen molar-refractivity contribution >= 4 is 0 Å². The van der Waals surface area contributed by atoms with Crippen LogP contribution in [0.15, 0.2) is 11.6 Å². The van der Waals surface area contributed by atoms with E-state index in [1.54, 1.807) is 7.05 Å². The first-order valence-corrected chi connectivity index (χ1v) is 11.6. The fourth-order valence-electron chi connectivity index (χ4n) is 5.97. The molecule has 1 saturated carbocycles. The van der Waals surface area contributed by atoms with E-state index in [1.165, 1.54) is 5.57 Å². The van der Waals surface area contributed by atoms with Gasteiger partial charge in [0.15, 0.2) is 0 Å². The molecule has 29 heavy (non-hydrogen) atoms. The Kier molecular flexibility index (Phi) is 7.22. The second kappa shape index (κ2) is 9.69. The van der Waals surface area contributed by atoms with E-state index in [-0.39, 0.29) is 36.3 Å². The summed E-state index contributed by atoms with van der Waals surface area (Å²) < 4.78 is 36.5. The van der Waals surface area contributed by atoms with E-state index in [0.717, 1.165) is 51.8 Å². The maximum absolute atomic E-state index is 16.0. The highest BCUT2D eigenvalue weighted by Gasteiger charge is 2.49. The van der Waals surface area contributed by atoms with Crippen molar-refractivity contribution < 1.29 is 13.5 Å². The molecular weight excluding hydrogens is 374 g/mol. The Morgan fingerprint density at radius 2 is 2.00 bits per heavy atom. The number of nitrogens with one attached hydrogen (secondary N) is 4. The third-order valence-corrected chi connectivity index (χ3v) is 7.49. The Balaban J connectivity index is 1.50. The fourth-order valence-corrected chi connectivity index (χ4v) is 5.97. The molecule has 0 amide bonds. The van der Waals surface area contributed by atoms with Crippen molar-refractivity contribution in [3.05, 3.63) is 11.6 Å². The normalized spacial score (nSPS) is 46.5. The van der Waals surface area contributed by atoms with Gasteiger partial charge in [0.1, 0.15) is 12.3 Å². The smallest absolute Gasteiger partial charge is 0.130 e. The highest BCUT2D eigenvalue weighted by molar-refractivity contribution is 5.18. The number of alkyl halides is 2. The summed E-state index contributed by atoms with van der Waals surface area (Å²) in [4.78, 5) is 0. The monoisotopic (exact) mass is 412 g/mol. The fraction of sp³-hybridized carbons (Fsp3) is 0.909. The molecule has 5 nitrogen and oxygen atoms in total. The second-order valence-electron chi connectivity index (χ2n) is 9.39. The summed E-state index contributed by atoms with van der Waals surface area (Å²) in [5.74, 6) is 0.229. The van der Waals surface area contributed by atoms with Gasteiger partial charge in [0.05, 0.1) is 12.3 Å². The SMILES string of the molecule is CNC1CC(NC2CC3CCCOC3C(C3=CCNCCC3)C2F)NC(C)C1F. The largest absolute Gasteiger partial charge is 0.377 e. The molecule has 9 unspecified atom stereocenters. The van der Waals surface area contributed by atoms with Crippen LogP contribution in [-0.4, -0.2) is 69.5 Å². The van der Waals surface area contributed by atoms with Crippen LogP contribution in [0.1, 0.15) is 45.4 Å². The summed E-state index contributed by atoms with van der Waals surface area (Å²) in [6.45, 7) is 4.42. The van der Waals surface area contributed by atoms with Crippen molar-refractivity contribution in [1.29, 1.82) is 0 Å². The van der Waals surface area contributed by atoms with Crippen LogP contribution in [0.25, 0.3) is 0 Å². The van der Waals surface area contributed by atoms with Crippen molar-refractivity contribution in [2.24, 2.45) is 11.8 Å². The molecule has 7 heteroatoms. The van der Waals surface area contributed by atoms with Gasteiger partial charge >= 0.3 is 0 Å². The first kappa shape index (κ1) is 21.6. The molecule has 0 radical (unpaired) electrons. The van der Waals surface area contributed by atoms with Gasteiger partial charge in [-0.15, -0.1) is 0 Å². The molecule has 4 N–H and O–H groups in total. The lowest BCUT2D eigenvalue weighted by Crippen LogP contribution is -2.66. The number of rotatable bonds is 4. The minimum Gasteiger partial charge on any atom is -0.377 e. The van der Waals surface area contributed by atoms with E-state index in [1.807, 2.05) is 6.92 Å². The Morgan fingerprint density at radius 3 is 2.83 bits per heavy atom. The van der Waals surface area contributed by atoms with Crippen molar-refractivity contribution in [2.75, 3.05) is 26.7 Å². The van der Waals surface area contributed by atoms with Gasteiger partial charge in [-0.1, -0.05) is 11.6 Å². The lowest BCUT2D eigenvalue weighted by atomic mass is 9.68. The minimum atomic E-state index is -0.980.